The predicted octanol–water partition coefficient (Wildman–Crippen LogP) is 3.87. The molecule has 0 saturated carbocycles. The quantitative estimate of drug-likeness (QED) is 0.262. The van der Waals surface area contributed by atoms with Crippen LogP contribution in [0.25, 0.3) is 6.08 Å². The molecule has 2 aromatic heterocycles. The summed E-state index contributed by atoms with van der Waals surface area (Å²) in [6.45, 7) is 5.50. The number of thiocarbonyl (C=S) groups is 1. The fraction of sp³-hybridized carbons (Fsp3) is 0.227. The first kappa shape index (κ1) is 21.4. The molecule has 32 heavy (non-hydrogen) atoms. The highest BCUT2D eigenvalue weighted by Crippen LogP contribution is 2.27. The van der Waals surface area contributed by atoms with Crippen molar-refractivity contribution < 1.29 is 14.1 Å². The zero-order valence-corrected chi connectivity index (χ0v) is 18.6. The van der Waals surface area contributed by atoms with Crippen LogP contribution in [0.5, 0.6) is 0 Å². The second-order valence-corrected chi connectivity index (χ2v) is 7.74. The molecule has 9 nitrogen and oxygen atoms in total. The van der Waals surface area contributed by atoms with E-state index < -0.39 is 4.92 Å². The number of carbonyl (C=O) groups is 1. The van der Waals surface area contributed by atoms with Gasteiger partial charge < -0.3 is 9.73 Å². The van der Waals surface area contributed by atoms with E-state index in [0.29, 0.717) is 33.7 Å². The van der Waals surface area contributed by atoms with Crippen molar-refractivity contribution in [1.29, 1.82) is 0 Å². The van der Waals surface area contributed by atoms with E-state index in [0.717, 1.165) is 17.7 Å². The number of nitrogens with one attached hydrogen (secondary N) is 1. The van der Waals surface area contributed by atoms with Crippen molar-refractivity contribution >= 4 is 40.7 Å². The van der Waals surface area contributed by atoms with Crippen molar-refractivity contribution in [2.45, 2.75) is 33.7 Å². The van der Waals surface area contributed by atoms with Crippen LogP contribution in [0, 0.1) is 24.0 Å². The number of amides is 1. The van der Waals surface area contributed by atoms with E-state index in [4.69, 9.17) is 16.6 Å². The molecular formula is C22H21N5O4S. The normalized spacial score (nSPS) is 15.0. The fourth-order valence-corrected chi connectivity index (χ4v) is 4.03. The number of aryl methyl sites for hydroxylation is 2. The second-order valence-electron chi connectivity index (χ2n) is 7.35. The molecule has 164 valence electrons. The number of benzene rings is 1. The number of anilines is 1. The van der Waals surface area contributed by atoms with Crippen LogP contribution < -0.4 is 10.2 Å². The first-order valence-electron chi connectivity index (χ1n) is 10.0. The summed E-state index contributed by atoms with van der Waals surface area (Å²) in [5, 5.41) is 18.7. The third-order valence-corrected chi connectivity index (χ3v) is 5.58. The molecule has 0 spiro atoms. The Morgan fingerprint density at radius 1 is 1.25 bits per heavy atom. The lowest BCUT2D eigenvalue weighted by Gasteiger charge is -2.17. The largest absolute Gasteiger partial charge is 0.460 e. The van der Waals surface area contributed by atoms with E-state index in [1.54, 1.807) is 32.1 Å². The average Bonchev–Trinajstić information content (AvgIpc) is 3.39. The zero-order valence-electron chi connectivity index (χ0n) is 17.8. The van der Waals surface area contributed by atoms with E-state index in [1.165, 1.54) is 9.58 Å². The predicted molar refractivity (Wildman–Crippen MR) is 123 cm³/mol. The average molecular weight is 452 g/mol. The molecule has 4 rings (SSSR count). The van der Waals surface area contributed by atoms with Crippen molar-refractivity contribution in [2.24, 2.45) is 0 Å². The van der Waals surface area contributed by atoms with E-state index in [-0.39, 0.29) is 18.1 Å². The monoisotopic (exact) mass is 451 g/mol. The summed E-state index contributed by atoms with van der Waals surface area (Å²) in [6.07, 6.45) is 2.37. The van der Waals surface area contributed by atoms with E-state index in [1.807, 2.05) is 31.2 Å². The highest BCUT2D eigenvalue weighted by Gasteiger charge is 2.33. The maximum absolute atomic E-state index is 13.0. The Hall–Kier alpha value is -3.79. The lowest BCUT2D eigenvalue weighted by atomic mass is 10.1. The van der Waals surface area contributed by atoms with Gasteiger partial charge in [-0.1, -0.05) is 25.1 Å². The third kappa shape index (κ3) is 3.80. The molecule has 0 unspecified atom stereocenters. The van der Waals surface area contributed by atoms with Crippen LogP contribution >= 0.6 is 12.2 Å². The summed E-state index contributed by atoms with van der Waals surface area (Å²) in [5.41, 5.74) is 2.89. The molecule has 1 amide bonds. The molecule has 1 fully saturated rings. The number of para-hydroxylation sites is 1. The zero-order chi connectivity index (χ0) is 23.0. The van der Waals surface area contributed by atoms with Crippen LogP contribution in [0.1, 0.15) is 35.4 Å². The summed E-state index contributed by atoms with van der Waals surface area (Å²) in [5.74, 6) is 0.752. The van der Waals surface area contributed by atoms with E-state index in [9.17, 15) is 14.9 Å². The molecule has 1 N–H and O–H groups in total. The number of rotatable bonds is 6. The van der Waals surface area contributed by atoms with E-state index >= 15 is 0 Å². The molecule has 3 heterocycles. The van der Waals surface area contributed by atoms with Gasteiger partial charge >= 0.3 is 5.69 Å². The highest BCUT2D eigenvalue weighted by molar-refractivity contribution is 7.80. The lowest BCUT2D eigenvalue weighted by molar-refractivity contribution is -0.386. The number of nitro groups is 1. The van der Waals surface area contributed by atoms with Crippen LogP contribution in [-0.2, 0) is 17.8 Å². The van der Waals surface area contributed by atoms with Crippen molar-refractivity contribution in [3.8, 4) is 0 Å². The Labute approximate surface area is 189 Å². The van der Waals surface area contributed by atoms with Gasteiger partial charge in [-0.2, -0.15) is 5.10 Å². The van der Waals surface area contributed by atoms with Gasteiger partial charge in [0.2, 0.25) is 0 Å². The van der Waals surface area contributed by atoms with Gasteiger partial charge in [-0.25, -0.2) is 0 Å². The van der Waals surface area contributed by atoms with Crippen LogP contribution in [0.3, 0.4) is 0 Å². The molecule has 0 atom stereocenters. The number of nitrogens with zero attached hydrogens (tertiary/aromatic N) is 4. The molecule has 10 heteroatoms. The van der Waals surface area contributed by atoms with Gasteiger partial charge in [0.05, 0.1) is 17.2 Å². The molecule has 0 radical (unpaired) electrons. The SMILES string of the molecule is CCc1ccccc1N1C(=O)/C(=C\c2ccc(Cn3nc(C)c([N+](=O)[O-])c3C)o2)NC1=S. The van der Waals surface area contributed by atoms with Crippen molar-refractivity contribution in [1.82, 2.24) is 15.1 Å². The van der Waals surface area contributed by atoms with Gasteiger partial charge in [0.1, 0.15) is 28.6 Å². The standard InChI is InChI=1S/C22H21N5O4S/c1-4-15-7-5-6-8-19(15)26-21(28)18(23-22(26)32)11-16-9-10-17(31-16)12-25-14(3)20(27(29)30)13(2)24-25/h5-11H,4,12H2,1-3H3,(H,23,32)/b18-11+. The van der Waals surface area contributed by atoms with Gasteiger partial charge in [-0.05, 0) is 56.2 Å². The maximum atomic E-state index is 13.0. The smallest absolute Gasteiger partial charge is 0.312 e. The van der Waals surface area contributed by atoms with Crippen molar-refractivity contribution in [2.75, 3.05) is 4.90 Å². The van der Waals surface area contributed by atoms with E-state index in [2.05, 4.69) is 10.4 Å². The Balaban J connectivity index is 1.56. The fourth-order valence-electron chi connectivity index (χ4n) is 3.73. The molecule has 1 aliphatic heterocycles. The van der Waals surface area contributed by atoms with Crippen molar-refractivity contribution in [3.63, 3.8) is 0 Å². The van der Waals surface area contributed by atoms with Crippen LogP contribution in [0.15, 0.2) is 46.5 Å². The Morgan fingerprint density at radius 3 is 2.69 bits per heavy atom. The first-order chi connectivity index (χ1) is 15.3. The van der Waals surface area contributed by atoms with Crippen LogP contribution in [-0.4, -0.2) is 25.7 Å². The van der Waals surface area contributed by atoms with Crippen molar-refractivity contribution in [3.05, 3.63) is 80.7 Å². The third-order valence-electron chi connectivity index (χ3n) is 5.29. The lowest BCUT2D eigenvalue weighted by Crippen LogP contribution is -2.31. The molecule has 3 aromatic rings. The molecule has 0 aliphatic carbocycles. The van der Waals surface area contributed by atoms with Crippen LogP contribution in [0.2, 0.25) is 0 Å². The summed E-state index contributed by atoms with van der Waals surface area (Å²) >= 11 is 5.40. The highest BCUT2D eigenvalue weighted by atomic mass is 32.1. The summed E-state index contributed by atoms with van der Waals surface area (Å²) in [4.78, 5) is 25.3. The van der Waals surface area contributed by atoms with Gasteiger partial charge in [0, 0.05) is 6.08 Å². The Kier molecular flexibility index (Phi) is 5.62. The molecule has 1 saturated heterocycles. The van der Waals surface area contributed by atoms with Gasteiger partial charge in [0.25, 0.3) is 5.91 Å². The minimum absolute atomic E-state index is 0.000569. The summed E-state index contributed by atoms with van der Waals surface area (Å²) in [7, 11) is 0. The van der Waals surface area contributed by atoms with Gasteiger partial charge in [-0.15, -0.1) is 0 Å². The molecular weight excluding hydrogens is 430 g/mol. The van der Waals surface area contributed by atoms with Gasteiger partial charge in [0.15, 0.2) is 5.11 Å². The Morgan fingerprint density at radius 2 is 2.00 bits per heavy atom. The topological polar surface area (TPSA) is 106 Å². The maximum Gasteiger partial charge on any atom is 0.312 e. The number of aromatic nitrogens is 2. The molecule has 0 bridgehead atoms. The minimum atomic E-state index is -0.436. The molecule has 1 aliphatic rings. The number of carbonyl (C=O) groups excluding carboxylic acids is 1. The number of furan rings is 1. The summed E-state index contributed by atoms with van der Waals surface area (Å²) in [6, 6.07) is 11.1. The van der Waals surface area contributed by atoms with Gasteiger partial charge in [-0.3, -0.25) is 24.5 Å². The molecule has 1 aromatic carbocycles. The van der Waals surface area contributed by atoms with Crippen LogP contribution in [0.4, 0.5) is 11.4 Å². The summed E-state index contributed by atoms with van der Waals surface area (Å²) < 4.78 is 7.35. The number of hydrogen-bond acceptors (Lipinski definition) is 6. The Bertz CT molecular complexity index is 1270. The minimum Gasteiger partial charge on any atom is -0.460 e. The second kappa shape index (κ2) is 8.39. The first-order valence-corrected chi connectivity index (χ1v) is 10.4. The number of hydrogen-bond donors (Lipinski definition) is 1.